The third-order valence-electron chi connectivity index (χ3n) is 4.89. The van der Waals surface area contributed by atoms with Crippen LogP contribution < -0.4 is 10.1 Å². The predicted octanol–water partition coefficient (Wildman–Crippen LogP) is 1.52. The first-order valence-corrected chi connectivity index (χ1v) is 8.01. The van der Waals surface area contributed by atoms with Crippen molar-refractivity contribution < 1.29 is 4.74 Å². The van der Waals surface area contributed by atoms with E-state index < -0.39 is 0 Å². The van der Waals surface area contributed by atoms with E-state index in [4.69, 9.17) is 4.74 Å². The standard InChI is InChI=1S/C17H27N3O/c1-18-16(15-12-19(2)9-10-20(15)3)14-8-4-6-13-7-5-11-21-17(13)14/h4,6,8,15-16,18H,5,7,9-12H2,1-3H3. The van der Waals surface area contributed by atoms with Crippen LogP contribution in [0.5, 0.6) is 5.75 Å². The number of rotatable bonds is 3. The molecule has 1 aromatic rings. The topological polar surface area (TPSA) is 27.7 Å². The van der Waals surface area contributed by atoms with Crippen LogP contribution in [0.25, 0.3) is 0 Å². The number of nitrogens with zero attached hydrogens (tertiary/aromatic N) is 2. The van der Waals surface area contributed by atoms with Crippen LogP contribution in [0.1, 0.15) is 23.6 Å². The highest BCUT2D eigenvalue weighted by atomic mass is 16.5. The molecule has 116 valence electrons. The molecule has 1 aromatic carbocycles. The first-order chi connectivity index (χ1) is 10.2. The van der Waals surface area contributed by atoms with E-state index in [-0.39, 0.29) is 0 Å². The zero-order valence-corrected chi connectivity index (χ0v) is 13.4. The summed E-state index contributed by atoms with van der Waals surface area (Å²) < 4.78 is 6.02. The van der Waals surface area contributed by atoms with Crippen LogP contribution in [-0.2, 0) is 6.42 Å². The summed E-state index contributed by atoms with van der Waals surface area (Å²) in [4.78, 5) is 4.90. The van der Waals surface area contributed by atoms with E-state index in [1.807, 2.05) is 0 Å². The summed E-state index contributed by atoms with van der Waals surface area (Å²) in [7, 11) is 6.51. The van der Waals surface area contributed by atoms with Crippen molar-refractivity contribution in [1.29, 1.82) is 0 Å². The van der Waals surface area contributed by atoms with Crippen molar-refractivity contribution in [3.8, 4) is 5.75 Å². The lowest BCUT2D eigenvalue weighted by atomic mass is 9.92. The molecule has 2 heterocycles. The number of nitrogens with one attached hydrogen (secondary N) is 1. The number of hydrogen-bond acceptors (Lipinski definition) is 4. The van der Waals surface area contributed by atoms with Gasteiger partial charge in [0.15, 0.2) is 0 Å². The van der Waals surface area contributed by atoms with Crippen LogP contribution in [0.4, 0.5) is 0 Å². The summed E-state index contributed by atoms with van der Waals surface area (Å²) in [6, 6.07) is 7.41. The number of hydrogen-bond donors (Lipinski definition) is 1. The van der Waals surface area contributed by atoms with Gasteiger partial charge in [0.25, 0.3) is 0 Å². The second kappa shape index (κ2) is 6.34. The fourth-order valence-corrected chi connectivity index (χ4v) is 3.62. The average molecular weight is 289 g/mol. The lowest BCUT2D eigenvalue weighted by Gasteiger charge is -2.42. The van der Waals surface area contributed by atoms with E-state index in [1.165, 1.54) is 11.1 Å². The molecule has 0 bridgehead atoms. The van der Waals surface area contributed by atoms with Crippen molar-refractivity contribution in [3.63, 3.8) is 0 Å². The maximum Gasteiger partial charge on any atom is 0.127 e. The molecule has 0 amide bonds. The van der Waals surface area contributed by atoms with Crippen molar-refractivity contribution in [2.24, 2.45) is 0 Å². The molecule has 2 aliphatic heterocycles. The molecule has 2 atom stereocenters. The molecule has 2 aliphatic rings. The minimum absolute atomic E-state index is 0.311. The van der Waals surface area contributed by atoms with Gasteiger partial charge in [-0.25, -0.2) is 0 Å². The van der Waals surface area contributed by atoms with Gasteiger partial charge in [-0.3, -0.25) is 4.90 Å². The molecular formula is C17H27N3O. The quantitative estimate of drug-likeness (QED) is 0.913. The Hall–Kier alpha value is -1.10. The molecule has 0 spiro atoms. The van der Waals surface area contributed by atoms with Gasteiger partial charge in [-0.05, 0) is 39.5 Å². The van der Waals surface area contributed by atoms with E-state index in [0.29, 0.717) is 12.1 Å². The summed E-state index contributed by atoms with van der Waals surface area (Å²) in [6.45, 7) is 4.20. The van der Waals surface area contributed by atoms with E-state index in [1.54, 1.807) is 0 Å². The minimum atomic E-state index is 0.311. The maximum atomic E-state index is 6.02. The molecule has 0 radical (unpaired) electrons. The van der Waals surface area contributed by atoms with Gasteiger partial charge < -0.3 is 15.0 Å². The monoisotopic (exact) mass is 289 g/mol. The zero-order chi connectivity index (χ0) is 14.8. The Kier molecular flexibility index (Phi) is 4.48. The number of benzene rings is 1. The fourth-order valence-electron chi connectivity index (χ4n) is 3.62. The van der Waals surface area contributed by atoms with E-state index in [9.17, 15) is 0 Å². The maximum absolute atomic E-state index is 6.02. The van der Waals surface area contributed by atoms with Crippen LogP contribution in [0.3, 0.4) is 0 Å². The molecule has 3 rings (SSSR count). The Morgan fingerprint density at radius 2 is 2.14 bits per heavy atom. The third kappa shape index (κ3) is 2.93. The van der Waals surface area contributed by atoms with Crippen molar-refractivity contribution in [1.82, 2.24) is 15.1 Å². The second-order valence-electron chi connectivity index (χ2n) is 6.36. The zero-order valence-electron chi connectivity index (χ0n) is 13.4. The summed E-state index contributed by atoms with van der Waals surface area (Å²) >= 11 is 0. The second-order valence-corrected chi connectivity index (χ2v) is 6.36. The van der Waals surface area contributed by atoms with Gasteiger partial charge >= 0.3 is 0 Å². The molecule has 2 unspecified atom stereocenters. The highest BCUT2D eigenvalue weighted by Crippen LogP contribution is 2.35. The Bertz CT molecular complexity index is 491. The first kappa shape index (κ1) is 14.8. The predicted molar refractivity (Wildman–Crippen MR) is 86.0 cm³/mol. The van der Waals surface area contributed by atoms with Crippen molar-refractivity contribution in [2.75, 3.05) is 47.4 Å². The van der Waals surface area contributed by atoms with Crippen molar-refractivity contribution in [3.05, 3.63) is 29.3 Å². The lowest BCUT2D eigenvalue weighted by molar-refractivity contribution is 0.0885. The lowest BCUT2D eigenvalue weighted by Crippen LogP contribution is -2.54. The number of ether oxygens (including phenoxy) is 1. The number of aryl methyl sites for hydroxylation is 1. The minimum Gasteiger partial charge on any atom is -0.493 e. The molecule has 0 aliphatic carbocycles. The van der Waals surface area contributed by atoms with Gasteiger partial charge in [0, 0.05) is 31.2 Å². The molecule has 4 heteroatoms. The van der Waals surface area contributed by atoms with Gasteiger partial charge in [0.05, 0.1) is 12.6 Å². The van der Waals surface area contributed by atoms with Crippen molar-refractivity contribution >= 4 is 0 Å². The Labute approximate surface area is 128 Å². The average Bonchev–Trinajstić information content (AvgIpc) is 2.51. The molecule has 1 fully saturated rings. The molecule has 21 heavy (non-hydrogen) atoms. The number of likely N-dealkylation sites (N-methyl/N-ethyl adjacent to an activating group) is 3. The van der Waals surface area contributed by atoms with Crippen LogP contribution in [0.15, 0.2) is 18.2 Å². The molecule has 0 aromatic heterocycles. The molecule has 4 nitrogen and oxygen atoms in total. The van der Waals surface area contributed by atoms with Crippen LogP contribution in [0, 0.1) is 0 Å². The van der Waals surface area contributed by atoms with Crippen molar-refractivity contribution in [2.45, 2.75) is 24.9 Å². The van der Waals surface area contributed by atoms with E-state index in [0.717, 1.165) is 44.8 Å². The number of fused-ring (bicyclic) bond motifs is 1. The van der Waals surface area contributed by atoms with E-state index in [2.05, 4.69) is 54.5 Å². The SMILES string of the molecule is CNC(c1cccc2c1OCCC2)C1CN(C)CCN1C. The highest BCUT2D eigenvalue weighted by Gasteiger charge is 2.32. The van der Waals surface area contributed by atoms with Crippen LogP contribution in [0.2, 0.25) is 0 Å². The van der Waals surface area contributed by atoms with Gasteiger partial charge in [-0.1, -0.05) is 18.2 Å². The molecular weight excluding hydrogens is 262 g/mol. The Morgan fingerprint density at radius 3 is 2.95 bits per heavy atom. The van der Waals surface area contributed by atoms with E-state index >= 15 is 0 Å². The first-order valence-electron chi connectivity index (χ1n) is 8.01. The summed E-state index contributed by atoms with van der Waals surface area (Å²) in [5.74, 6) is 1.13. The smallest absolute Gasteiger partial charge is 0.127 e. The fraction of sp³-hybridized carbons (Fsp3) is 0.647. The summed E-state index contributed by atoms with van der Waals surface area (Å²) in [5, 5.41) is 3.54. The Morgan fingerprint density at radius 1 is 1.29 bits per heavy atom. The normalized spacial score (nSPS) is 25.2. The van der Waals surface area contributed by atoms with Gasteiger partial charge in [-0.2, -0.15) is 0 Å². The number of piperazine rings is 1. The largest absolute Gasteiger partial charge is 0.493 e. The summed E-state index contributed by atoms with van der Waals surface area (Å²) in [6.07, 6.45) is 2.27. The highest BCUT2D eigenvalue weighted by molar-refractivity contribution is 5.45. The molecule has 1 saturated heterocycles. The Balaban J connectivity index is 1.92. The number of para-hydroxylation sites is 1. The van der Waals surface area contributed by atoms with Crippen LogP contribution >= 0.6 is 0 Å². The van der Waals surface area contributed by atoms with Gasteiger partial charge in [-0.15, -0.1) is 0 Å². The molecule has 1 N–H and O–H groups in total. The van der Waals surface area contributed by atoms with Crippen LogP contribution in [-0.4, -0.2) is 63.2 Å². The third-order valence-corrected chi connectivity index (χ3v) is 4.89. The molecule has 0 saturated carbocycles. The van der Waals surface area contributed by atoms with Gasteiger partial charge in [0.1, 0.15) is 5.75 Å². The summed E-state index contributed by atoms with van der Waals surface area (Å²) in [5.41, 5.74) is 2.69. The van der Waals surface area contributed by atoms with Gasteiger partial charge in [0.2, 0.25) is 0 Å².